The predicted octanol–water partition coefficient (Wildman–Crippen LogP) is 4.41. The highest BCUT2D eigenvalue weighted by Crippen LogP contribution is 2.22. The van der Waals surface area contributed by atoms with Crippen LogP contribution in [0.2, 0.25) is 0 Å². The fraction of sp³-hybridized carbons (Fsp3) is 0.350. The molecule has 0 radical (unpaired) electrons. The SMILES string of the molecule is CCCc1cc(-n2cc(-c3ccc(NC(C)C)c(C)n3)cn2)ccn1. The number of aryl methyl sites for hydroxylation is 2. The van der Waals surface area contributed by atoms with Crippen molar-refractivity contribution in [1.29, 1.82) is 0 Å². The van der Waals surface area contributed by atoms with Gasteiger partial charge in [-0.1, -0.05) is 13.3 Å². The molecule has 25 heavy (non-hydrogen) atoms. The van der Waals surface area contributed by atoms with E-state index >= 15 is 0 Å². The van der Waals surface area contributed by atoms with Crippen LogP contribution in [-0.4, -0.2) is 25.8 Å². The summed E-state index contributed by atoms with van der Waals surface area (Å²) in [5.41, 5.74) is 6.13. The Morgan fingerprint density at radius 2 is 2.04 bits per heavy atom. The van der Waals surface area contributed by atoms with Crippen molar-refractivity contribution in [3.8, 4) is 16.9 Å². The Labute approximate surface area is 149 Å². The van der Waals surface area contributed by atoms with E-state index in [-0.39, 0.29) is 0 Å². The summed E-state index contributed by atoms with van der Waals surface area (Å²) < 4.78 is 1.88. The Bertz CT molecular complexity index is 851. The lowest BCUT2D eigenvalue weighted by molar-refractivity contribution is 0.848. The molecule has 0 aliphatic rings. The van der Waals surface area contributed by atoms with Crippen molar-refractivity contribution in [2.45, 2.75) is 46.6 Å². The van der Waals surface area contributed by atoms with Crippen molar-refractivity contribution >= 4 is 5.69 Å². The van der Waals surface area contributed by atoms with Crippen LogP contribution >= 0.6 is 0 Å². The van der Waals surface area contributed by atoms with Crippen molar-refractivity contribution in [3.05, 3.63) is 54.2 Å². The maximum atomic E-state index is 4.72. The minimum Gasteiger partial charge on any atom is -0.381 e. The highest BCUT2D eigenvalue weighted by Gasteiger charge is 2.08. The van der Waals surface area contributed by atoms with Crippen LogP contribution in [0.3, 0.4) is 0 Å². The van der Waals surface area contributed by atoms with Crippen LogP contribution in [0.1, 0.15) is 38.6 Å². The Kier molecular flexibility index (Phi) is 5.12. The van der Waals surface area contributed by atoms with Crippen LogP contribution in [0.4, 0.5) is 5.69 Å². The van der Waals surface area contributed by atoms with Crippen molar-refractivity contribution in [3.63, 3.8) is 0 Å². The molecule has 0 saturated heterocycles. The lowest BCUT2D eigenvalue weighted by atomic mass is 10.2. The zero-order valence-corrected chi connectivity index (χ0v) is 15.3. The first-order valence-electron chi connectivity index (χ1n) is 8.81. The molecule has 0 spiro atoms. The Morgan fingerprint density at radius 3 is 2.76 bits per heavy atom. The minimum atomic E-state index is 0.387. The van der Waals surface area contributed by atoms with Crippen molar-refractivity contribution < 1.29 is 0 Å². The summed E-state index contributed by atoms with van der Waals surface area (Å²) in [5, 5.41) is 7.91. The molecule has 5 nitrogen and oxygen atoms in total. The van der Waals surface area contributed by atoms with Crippen molar-refractivity contribution in [1.82, 2.24) is 19.7 Å². The second-order valence-electron chi connectivity index (χ2n) is 6.56. The molecule has 1 N–H and O–H groups in total. The second-order valence-corrected chi connectivity index (χ2v) is 6.56. The number of nitrogens with one attached hydrogen (secondary N) is 1. The number of pyridine rings is 2. The first-order chi connectivity index (χ1) is 12.1. The molecule has 0 saturated carbocycles. The van der Waals surface area contributed by atoms with Gasteiger partial charge in [0.1, 0.15) is 0 Å². The molecule has 5 heteroatoms. The van der Waals surface area contributed by atoms with E-state index < -0.39 is 0 Å². The Balaban J connectivity index is 1.86. The van der Waals surface area contributed by atoms with E-state index in [4.69, 9.17) is 4.98 Å². The molecule has 0 fully saturated rings. The van der Waals surface area contributed by atoms with Crippen molar-refractivity contribution in [2.24, 2.45) is 0 Å². The zero-order valence-electron chi connectivity index (χ0n) is 15.3. The molecular formula is C20H25N5. The molecule has 0 unspecified atom stereocenters. The number of anilines is 1. The third-order valence-electron chi connectivity index (χ3n) is 3.98. The molecule has 3 aromatic heterocycles. The van der Waals surface area contributed by atoms with E-state index in [1.54, 1.807) is 0 Å². The highest BCUT2D eigenvalue weighted by molar-refractivity contribution is 5.62. The van der Waals surface area contributed by atoms with Gasteiger partial charge in [-0.15, -0.1) is 0 Å². The number of aromatic nitrogens is 4. The summed E-state index contributed by atoms with van der Waals surface area (Å²) >= 11 is 0. The molecule has 0 aliphatic heterocycles. The van der Waals surface area contributed by atoms with Crippen LogP contribution < -0.4 is 5.32 Å². The summed E-state index contributed by atoms with van der Waals surface area (Å²) in [4.78, 5) is 9.13. The third kappa shape index (κ3) is 4.05. The molecule has 3 rings (SSSR count). The molecule has 0 amide bonds. The van der Waals surface area contributed by atoms with Gasteiger partial charge in [0.05, 0.1) is 29.0 Å². The van der Waals surface area contributed by atoms with Gasteiger partial charge in [-0.3, -0.25) is 9.97 Å². The average Bonchev–Trinajstić information content (AvgIpc) is 3.07. The normalized spacial score (nSPS) is 11.1. The maximum absolute atomic E-state index is 4.72. The lowest BCUT2D eigenvalue weighted by Gasteiger charge is -2.12. The summed E-state index contributed by atoms with van der Waals surface area (Å²) in [6.45, 7) is 8.43. The first-order valence-corrected chi connectivity index (χ1v) is 8.81. The molecule has 3 aromatic rings. The van der Waals surface area contributed by atoms with Crippen LogP contribution in [0, 0.1) is 6.92 Å². The fourth-order valence-electron chi connectivity index (χ4n) is 2.78. The van der Waals surface area contributed by atoms with Crippen LogP contribution in [0.15, 0.2) is 42.9 Å². The van der Waals surface area contributed by atoms with Gasteiger partial charge in [-0.05, 0) is 51.5 Å². The van der Waals surface area contributed by atoms with Crippen LogP contribution in [-0.2, 0) is 6.42 Å². The minimum absolute atomic E-state index is 0.387. The van der Waals surface area contributed by atoms with Gasteiger partial charge in [-0.2, -0.15) is 5.10 Å². The van der Waals surface area contributed by atoms with E-state index in [0.717, 1.165) is 46.9 Å². The fourth-order valence-corrected chi connectivity index (χ4v) is 2.78. The average molecular weight is 335 g/mol. The number of rotatable bonds is 6. The van der Waals surface area contributed by atoms with E-state index in [0.29, 0.717) is 6.04 Å². The number of hydrogen-bond acceptors (Lipinski definition) is 4. The summed E-state index contributed by atoms with van der Waals surface area (Å²) in [6, 6.07) is 8.58. The highest BCUT2D eigenvalue weighted by atomic mass is 15.3. The third-order valence-corrected chi connectivity index (χ3v) is 3.98. The quantitative estimate of drug-likeness (QED) is 0.725. The lowest BCUT2D eigenvalue weighted by Crippen LogP contribution is -2.11. The van der Waals surface area contributed by atoms with Crippen LogP contribution in [0.5, 0.6) is 0 Å². The zero-order chi connectivity index (χ0) is 17.8. The second kappa shape index (κ2) is 7.47. The van der Waals surface area contributed by atoms with E-state index in [1.807, 2.05) is 42.3 Å². The van der Waals surface area contributed by atoms with Gasteiger partial charge in [0.15, 0.2) is 0 Å². The van der Waals surface area contributed by atoms with Gasteiger partial charge < -0.3 is 5.32 Å². The molecule has 0 aromatic carbocycles. The van der Waals surface area contributed by atoms with Crippen molar-refractivity contribution in [2.75, 3.05) is 5.32 Å². The Morgan fingerprint density at radius 1 is 1.20 bits per heavy atom. The first kappa shape index (κ1) is 17.1. The smallest absolute Gasteiger partial charge is 0.0738 e. The molecule has 0 bridgehead atoms. The summed E-state index contributed by atoms with van der Waals surface area (Å²) in [5.74, 6) is 0. The topological polar surface area (TPSA) is 55.6 Å². The largest absolute Gasteiger partial charge is 0.381 e. The number of hydrogen-bond donors (Lipinski definition) is 1. The summed E-state index contributed by atoms with van der Waals surface area (Å²) in [7, 11) is 0. The van der Waals surface area contributed by atoms with Gasteiger partial charge in [0.2, 0.25) is 0 Å². The molecule has 130 valence electrons. The molecular weight excluding hydrogens is 310 g/mol. The van der Waals surface area contributed by atoms with E-state index in [2.05, 4.69) is 48.3 Å². The molecule has 0 atom stereocenters. The van der Waals surface area contributed by atoms with Crippen LogP contribution in [0.25, 0.3) is 16.9 Å². The molecule has 0 aliphatic carbocycles. The van der Waals surface area contributed by atoms with Gasteiger partial charge >= 0.3 is 0 Å². The van der Waals surface area contributed by atoms with Gasteiger partial charge in [0, 0.05) is 29.7 Å². The summed E-state index contributed by atoms with van der Waals surface area (Å²) in [6.07, 6.45) is 7.78. The van der Waals surface area contributed by atoms with Gasteiger partial charge in [0.25, 0.3) is 0 Å². The maximum Gasteiger partial charge on any atom is 0.0738 e. The Hall–Kier alpha value is -2.69. The monoisotopic (exact) mass is 335 g/mol. The standard InChI is InChI=1S/C20H25N5/c1-5-6-17-11-18(9-10-21-17)25-13-16(12-22-25)20-8-7-19(15(4)24-20)23-14(2)3/h7-14,23H,5-6H2,1-4H3. The van der Waals surface area contributed by atoms with E-state index in [1.165, 1.54) is 0 Å². The predicted molar refractivity (Wildman–Crippen MR) is 102 cm³/mol. The van der Waals surface area contributed by atoms with E-state index in [9.17, 15) is 0 Å². The molecule has 3 heterocycles. The number of nitrogens with zero attached hydrogens (tertiary/aromatic N) is 4. The van der Waals surface area contributed by atoms with Gasteiger partial charge in [-0.25, -0.2) is 4.68 Å².